The molecule has 73 heavy (non-hydrogen) atoms. The first kappa shape index (κ1) is 55.7. The number of anilines is 2. The van der Waals surface area contributed by atoms with Crippen LogP contribution < -0.4 is 26.0 Å². The minimum Gasteiger partial charge on any atom is -0.406 e. The molecule has 0 bridgehead atoms. The lowest BCUT2D eigenvalue weighted by Gasteiger charge is -2.35. The van der Waals surface area contributed by atoms with Crippen molar-refractivity contribution in [1.29, 1.82) is 0 Å². The molecule has 0 aliphatic carbocycles. The molecule has 6 rings (SSSR count). The smallest absolute Gasteiger partial charge is 0.406 e. The number of rotatable bonds is 26. The highest BCUT2D eigenvalue weighted by atomic mass is 32.1. The molecule has 2 aromatic heterocycles. The van der Waals surface area contributed by atoms with Crippen LogP contribution in [0.1, 0.15) is 55.2 Å². The Morgan fingerprint density at radius 2 is 1.48 bits per heavy atom. The van der Waals surface area contributed by atoms with Crippen molar-refractivity contribution in [3.8, 4) is 27.4 Å². The van der Waals surface area contributed by atoms with Crippen molar-refractivity contribution in [1.82, 2.24) is 35.8 Å². The minimum atomic E-state index is -4.79. The zero-order chi connectivity index (χ0) is 52.4. The molecule has 3 atom stereocenters. The van der Waals surface area contributed by atoms with Crippen molar-refractivity contribution < 1.29 is 61.1 Å². The molecular weight excluding hydrogens is 974 g/mol. The summed E-state index contributed by atoms with van der Waals surface area (Å²) in [5.74, 6) is -1.48. The summed E-state index contributed by atoms with van der Waals surface area (Å²) < 4.78 is 63.6. The lowest BCUT2D eigenvalue weighted by molar-refractivity contribution is -0.274. The molecule has 0 saturated carbocycles. The van der Waals surface area contributed by atoms with E-state index >= 15 is 0 Å². The second kappa shape index (κ2) is 26.9. The summed E-state index contributed by atoms with van der Waals surface area (Å²) in [6, 6.07) is 19.7. The third kappa shape index (κ3) is 17.9. The van der Waals surface area contributed by atoms with E-state index in [0.717, 1.165) is 21.7 Å². The first-order valence-electron chi connectivity index (χ1n) is 23.6. The highest BCUT2D eigenvalue weighted by Gasteiger charge is 2.44. The number of hydrogen-bond donors (Lipinski definition) is 5. The van der Waals surface area contributed by atoms with Crippen LogP contribution in [0.2, 0.25) is 0 Å². The Morgan fingerprint density at radius 3 is 2.12 bits per heavy atom. The first-order valence-corrected chi connectivity index (χ1v) is 24.5. The number of carbonyl (C=O) groups is 4. The summed E-state index contributed by atoms with van der Waals surface area (Å²) in [5, 5.41) is 22.1. The number of β-amino-alcohol motifs (C(OH)–C–C–N with tert-alkyl or cyclic N) is 1. The van der Waals surface area contributed by atoms with Gasteiger partial charge in [0.15, 0.2) is 0 Å². The average Bonchev–Trinajstić information content (AvgIpc) is 3.98. The molecular formula is C51H61F3N8O10S. The van der Waals surface area contributed by atoms with E-state index in [9.17, 15) is 37.5 Å². The van der Waals surface area contributed by atoms with Crippen molar-refractivity contribution in [3.05, 3.63) is 108 Å². The molecule has 0 unspecified atom stereocenters. The van der Waals surface area contributed by atoms with Crippen molar-refractivity contribution >= 4 is 46.5 Å². The molecule has 5 aromatic rings. The Hall–Kier alpha value is -6.56. The Labute approximate surface area is 425 Å². The average molecular weight is 1040 g/mol. The van der Waals surface area contributed by atoms with Crippen molar-refractivity contribution in [2.45, 2.75) is 71.6 Å². The van der Waals surface area contributed by atoms with Gasteiger partial charge in [0.2, 0.25) is 17.7 Å². The zero-order valence-corrected chi connectivity index (χ0v) is 41.9. The van der Waals surface area contributed by atoms with E-state index in [1.807, 2.05) is 52.0 Å². The van der Waals surface area contributed by atoms with E-state index in [4.69, 9.17) is 18.9 Å². The normalized spacial score (nSPS) is 15.2. The molecule has 0 spiro atoms. The zero-order valence-electron chi connectivity index (χ0n) is 41.0. The van der Waals surface area contributed by atoms with E-state index in [1.165, 1.54) is 35.5 Å². The van der Waals surface area contributed by atoms with E-state index in [2.05, 4.69) is 41.0 Å². The van der Waals surface area contributed by atoms with Crippen molar-refractivity contribution in [2.75, 3.05) is 71.3 Å². The molecule has 3 aromatic carbocycles. The number of carbonyl (C=O) groups excluding carboxylic acids is 4. The number of ether oxygens (including phenoxy) is 5. The third-order valence-electron chi connectivity index (χ3n) is 11.3. The Bertz CT molecular complexity index is 2580. The largest absolute Gasteiger partial charge is 0.573 e. The number of aryl methyl sites for hydroxylation is 1. The van der Waals surface area contributed by atoms with Crippen LogP contribution >= 0.6 is 11.3 Å². The fourth-order valence-electron chi connectivity index (χ4n) is 7.57. The second-order valence-corrected chi connectivity index (χ2v) is 18.8. The molecule has 3 heterocycles. The van der Waals surface area contributed by atoms with Crippen LogP contribution in [0.4, 0.5) is 24.7 Å². The maximum absolute atomic E-state index is 13.9. The maximum atomic E-state index is 13.9. The SMILES string of the molecule is Cc1ncsc1-c1ccc(CNC(=O)[C@@H]2C[C@@H](O)CN2C(=O)[C@@H](NC(=O)CCOCCOCCOCCOCCNC(=O)c2cccc(-c3cc(Nc4ccc(OC(F)(F)F)cc4)ncn3)c2)C(C)(C)C)cc1. The van der Waals surface area contributed by atoms with E-state index in [0.29, 0.717) is 54.8 Å². The van der Waals surface area contributed by atoms with Crippen LogP contribution in [0.3, 0.4) is 0 Å². The minimum absolute atomic E-state index is 0.00312. The number of aromatic nitrogens is 3. The summed E-state index contributed by atoms with van der Waals surface area (Å²) in [6.45, 7) is 10.0. The van der Waals surface area contributed by atoms with Crippen molar-refractivity contribution in [2.24, 2.45) is 5.41 Å². The number of alkyl halides is 3. The van der Waals surface area contributed by atoms with Gasteiger partial charge in [-0.15, -0.1) is 24.5 Å². The van der Waals surface area contributed by atoms with Gasteiger partial charge < -0.3 is 55.0 Å². The van der Waals surface area contributed by atoms with Gasteiger partial charge in [0.05, 0.1) is 80.7 Å². The van der Waals surface area contributed by atoms with Crippen LogP contribution in [0.15, 0.2) is 90.7 Å². The lowest BCUT2D eigenvalue weighted by atomic mass is 9.85. The predicted molar refractivity (Wildman–Crippen MR) is 266 cm³/mol. The number of benzene rings is 3. The third-order valence-corrected chi connectivity index (χ3v) is 12.3. The molecule has 18 nitrogen and oxygen atoms in total. The van der Waals surface area contributed by atoms with Gasteiger partial charge in [0, 0.05) is 55.4 Å². The van der Waals surface area contributed by atoms with Gasteiger partial charge >= 0.3 is 6.36 Å². The number of hydrogen-bond acceptors (Lipinski definition) is 15. The fraction of sp³-hybridized carbons (Fsp3) is 0.431. The number of amides is 4. The number of nitrogens with one attached hydrogen (secondary N) is 4. The molecule has 1 aliphatic heterocycles. The fourth-order valence-corrected chi connectivity index (χ4v) is 8.38. The summed E-state index contributed by atoms with van der Waals surface area (Å²) in [4.78, 5) is 68.4. The second-order valence-electron chi connectivity index (χ2n) is 18.0. The summed E-state index contributed by atoms with van der Waals surface area (Å²) in [5.41, 5.74) is 6.03. The number of aliphatic hydroxyl groups excluding tert-OH is 1. The highest BCUT2D eigenvalue weighted by molar-refractivity contribution is 7.13. The van der Waals surface area contributed by atoms with Gasteiger partial charge in [0.25, 0.3) is 5.91 Å². The van der Waals surface area contributed by atoms with Crippen LogP contribution in [-0.4, -0.2) is 139 Å². The van der Waals surface area contributed by atoms with E-state index in [-0.39, 0.29) is 76.5 Å². The van der Waals surface area contributed by atoms with E-state index < -0.39 is 41.8 Å². The Kier molecular flexibility index (Phi) is 20.6. The number of likely N-dealkylation sites (tertiary alicyclic amines) is 1. The molecule has 22 heteroatoms. The molecule has 1 saturated heterocycles. The van der Waals surface area contributed by atoms with Gasteiger partial charge in [-0.1, -0.05) is 57.2 Å². The van der Waals surface area contributed by atoms with Crippen molar-refractivity contribution in [3.63, 3.8) is 0 Å². The summed E-state index contributed by atoms with van der Waals surface area (Å²) in [7, 11) is 0. The Balaban J connectivity index is 0.792. The quantitative estimate of drug-likeness (QED) is 0.0389. The molecule has 4 amide bonds. The first-order chi connectivity index (χ1) is 34.9. The molecule has 0 radical (unpaired) electrons. The molecule has 5 N–H and O–H groups in total. The number of nitrogens with zero attached hydrogens (tertiary/aromatic N) is 4. The number of aliphatic hydroxyl groups is 1. The predicted octanol–water partition coefficient (Wildman–Crippen LogP) is 6.21. The lowest BCUT2D eigenvalue weighted by Crippen LogP contribution is -2.57. The van der Waals surface area contributed by atoms with Crippen LogP contribution in [0.25, 0.3) is 21.7 Å². The number of halogens is 3. The van der Waals surface area contributed by atoms with E-state index in [1.54, 1.807) is 47.2 Å². The van der Waals surface area contributed by atoms with Gasteiger partial charge in [-0.05, 0) is 59.9 Å². The van der Waals surface area contributed by atoms with Crippen LogP contribution in [0.5, 0.6) is 5.75 Å². The standard InChI is InChI=1S/C51H61F3N8O10S/c1-33-45(73-32-59-33)35-10-8-34(9-11-35)29-56-48(66)42-27-39(63)30-62(42)49(67)46(50(2,3)4)61-44(64)16-18-68-20-22-70-24-25-71-23-21-69-19-17-55-47(65)37-7-5-6-36(26-37)41-28-43(58-31-57-41)60-38-12-14-40(15-13-38)72-51(52,53)54/h5-15,26,28,31-32,39,42,46,63H,16-25,27,29-30H2,1-4H3,(H,55,65)(H,56,66)(H,61,64)(H,57,58,60)/t39-,42+,46-/m1/s1. The van der Waals surface area contributed by atoms with Crippen LogP contribution in [0, 0.1) is 12.3 Å². The molecule has 1 aliphatic rings. The number of thiazole rings is 1. The maximum Gasteiger partial charge on any atom is 0.573 e. The van der Waals surface area contributed by atoms with Gasteiger partial charge in [0.1, 0.15) is 30.0 Å². The monoisotopic (exact) mass is 1030 g/mol. The highest BCUT2D eigenvalue weighted by Crippen LogP contribution is 2.30. The van der Waals surface area contributed by atoms with Crippen LogP contribution in [-0.2, 0) is 39.9 Å². The topological polar surface area (TPSA) is 225 Å². The summed E-state index contributed by atoms with van der Waals surface area (Å²) >= 11 is 1.56. The Morgan fingerprint density at radius 1 is 0.808 bits per heavy atom. The summed E-state index contributed by atoms with van der Waals surface area (Å²) in [6.07, 6.45) is -4.25. The molecule has 392 valence electrons. The van der Waals surface area contributed by atoms with Gasteiger partial charge in [-0.3, -0.25) is 19.2 Å². The van der Waals surface area contributed by atoms with Gasteiger partial charge in [-0.2, -0.15) is 0 Å². The van der Waals surface area contributed by atoms with Gasteiger partial charge in [-0.25, -0.2) is 15.0 Å². The molecule has 1 fully saturated rings.